The largest absolute Gasteiger partial charge is 0.444 e. The lowest BCUT2D eigenvalue weighted by atomic mass is 10.2. The Balaban J connectivity index is 2.04. The lowest BCUT2D eigenvalue weighted by Gasteiger charge is -2.19. The van der Waals surface area contributed by atoms with Crippen molar-refractivity contribution in [2.24, 2.45) is 0 Å². The number of aromatic nitrogens is 4. The number of tetrazole rings is 1. The second-order valence-electron chi connectivity index (χ2n) is 5.34. The maximum absolute atomic E-state index is 11.6. The van der Waals surface area contributed by atoms with Gasteiger partial charge in [0.25, 0.3) is 0 Å². The minimum absolute atomic E-state index is 0.179. The number of benzene rings is 1. The van der Waals surface area contributed by atoms with Gasteiger partial charge < -0.3 is 10.1 Å². The Kier molecular flexibility index (Phi) is 4.56. The van der Waals surface area contributed by atoms with Crippen LogP contribution >= 0.6 is 15.9 Å². The molecule has 1 aromatic carbocycles. The molecule has 0 unspecified atom stereocenters. The summed E-state index contributed by atoms with van der Waals surface area (Å²) in [5.41, 5.74) is 0.269. The number of nitrogens with one attached hydrogen (secondary N) is 1. The Bertz CT molecular complexity index is 618. The van der Waals surface area contributed by atoms with Crippen LogP contribution in [0.2, 0.25) is 0 Å². The quantitative estimate of drug-likeness (QED) is 0.916. The first-order valence-electron chi connectivity index (χ1n) is 6.35. The Morgan fingerprint density at radius 1 is 1.33 bits per heavy atom. The van der Waals surface area contributed by atoms with Crippen molar-refractivity contribution in [2.75, 3.05) is 0 Å². The zero-order chi connectivity index (χ0) is 15.5. The molecule has 0 fully saturated rings. The van der Waals surface area contributed by atoms with Crippen LogP contribution in [0.5, 0.6) is 0 Å². The Morgan fingerprint density at radius 3 is 2.62 bits per heavy atom. The number of hydrogen-bond acceptors (Lipinski definition) is 5. The molecule has 112 valence electrons. The van der Waals surface area contributed by atoms with E-state index >= 15 is 0 Å². The van der Waals surface area contributed by atoms with Gasteiger partial charge in [-0.2, -0.15) is 4.68 Å². The van der Waals surface area contributed by atoms with Gasteiger partial charge in [-0.15, -0.1) is 5.10 Å². The highest BCUT2D eigenvalue weighted by atomic mass is 79.9. The molecular formula is C13H16BrN5O2. The van der Waals surface area contributed by atoms with Gasteiger partial charge in [0.1, 0.15) is 5.60 Å². The van der Waals surface area contributed by atoms with Crippen molar-refractivity contribution < 1.29 is 9.53 Å². The fourth-order valence-electron chi connectivity index (χ4n) is 1.56. The molecule has 2 rings (SSSR count). The summed E-state index contributed by atoms with van der Waals surface area (Å²) in [6, 6.07) is 7.53. The Hall–Kier alpha value is -1.96. The number of hydrogen-bond donors (Lipinski definition) is 1. The van der Waals surface area contributed by atoms with E-state index in [1.54, 1.807) is 25.5 Å². The summed E-state index contributed by atoms with van der Waals surface area (Å²) in [6.07, 6.45) is -0.507. The summed E-state index contributed by atoms with van der Waals surface area (Å²) in [5.74, 6) is 0.517. The van der Waals surface area contributed by atoms with Crippen molar-refractivity contribution in [1.29, 1.82) is 0 Å². The molecule has 7 nitrogen and oxygen atoms in total. The summed E-state index contributed by atoms with van der Waals surface area (Å²) >= 11 is 3.37. The molecule has 1 heterocycles. The SMILES string of the molecule is CC(C)(C)OC(=O)NCc1nnnn1-c1ccc(Br)cc1. The van der Waals surface area contributed by atoms with Gasteiger partial charge in [0.15, 0.2) is 5.82 Å². The molecular weight excluding hydrogens is 338 g/mol. The number of carbonyl (C=O) groups is 1. The molecule has 2 aromatic rings. The fourth-order valence-corrected chi connectivity index (χ4v) is 1.83. The number of halogens is 1. The van der Waals surface area contributed by atoms with E-state index in [-0.39, 0.29) is 6.54 Å². The first-order chi connectivity index (χ1) is 9.85. The zero-order valence-electron chi connectivity index (χ0n) is 12.0. The molecule has 0 aliphatic rings. The molecule has 0 atom stereocenters. The van der Waals surface area contributed by atoms with E-state index in [0.29, 0.717) is 5.82 Å². The predicted octanol–water partition coefficient (Wildman–Crippen LogP) is 2.45. The molecule has 0 radical (unpaired) electrons. The van der Waals surface area contributed by atoms with Gasteiger partial charge in [-0.05, 0) is 55.5 Å². The number of carbonyl (C=O) groups excluding carboxylic acids is 1. The van der Waals surface area contributed by atoms with E-state index in [1.165, 1.54) is 0 Å². The van der Waals surface area contributed by atoms with Crippen LogP contribution in [0.4, 0.5) is 4.79 Å². The molecule has 1 N–H and O–H groups in total. The van der Waals surface area contributed by atoms with Gasteiger partial charge in [0.2, 0.25) is 0 Å². The Morgan fingerprint density at radius 2 is 2.00 bits per heavy atom. The maximum Gasteiger partial charge on any atom is 0.408 e. The smallest absolute Gasteiger partial charge is 0.408 e. The minimum Gasteiger partial charge on any atom is -0.444 e. The molecule has 1 amide bonds. The lowest BCUT2D eigenvalue weighted by Crippen LogP contribution is -2.32. The molecule has 0 saturated carbocycles. The summed E-state index contributed by atoms with van der Waals surface area (Å²) in [4.78, 5) is 11.6. The highest BCUT2D eigenvalue weighted by Gasteiger charge is 2.17. The minimum atomic E-state index is -0.540. The number of ether oxygens (including phenoxy) is 1. The zero-order valence-corrected chi connectivity index (χ0v) is 13.6. The molecule has 0 saturated heterocycles. The second kappa shape index (κ2) is 6.21. The summed E-state index contributed by atoms with van der Waals surface area (Å²) in [5, 5.41) is 14.1. The van der Waals surface area contributed by atoms with Crippen LogP contribution in [-0.2, 0) is 11.3 Å². The first-order valence-corrected chi connectivity index (χ1v) is 7.14. The van der Waals surface area contributed by atoms with Gasteiger partial charge in [-0.25, -0.2) is 4.79 Å². The van der Waals surface area contributed by atoms with Gasteiger partial charge in [-0.1, -0.05) is 15.9 Å². The lowest BCUT2D eigenvalue weighted by molar-refractivity contribution is 0.0522. The number of rotatable bonds is 3. The highest BCUT2D eigenvalue weighted by Crippen LogP contribution is 2.14. The van der Waals surface area contributed by atoms with E-state index in [2.05, 4.69) is 36.8 Å². The van der Waals surface area contributed by atoms with Crippen LogP contribution in [0.25, 0.3) is 5.69 Å². The average molecular weight is 354 g/mol. The number of nitrogens with zero attached hydrogens (tertiary/aromatic N) is 4. The summed E-state index contributed by atoms with van der Waals surface area (Å²) in [7, 11) is 0. The summed E-state index contributed by atoms with van der Waals surface area (Å²) < 4.78 is 7.69. The molecule has 1 aromatic heterocycles. The van der Waals surface area contributed by atoms with Gasteiger partial charge in [-0.3, -0.25) is 0 Å². The molecule has 8 heteroatoms. The maximum atomic E-state index is 11.6. The topological polar surface area (TPSA) is 81.9 Å². The van der Waals surface area contributed by atoms with Crippen LogP contribution < -0.4 is 5.32 Å². The third kappa shape index (κ3) is 4.52. The van der Waals surface area contributed by atoms with E-state index < -0.39 is 11.7 Å². The van der Waals surface area contributed by atoms with Gasteiger partial charge in [0, 0.05) is 4.47 Å². The van der Waals surface area contributed by atoms with Crippen LogP contribution in [0.15, 0.2) is 28.7 Å². The fraction of sp³-hybridized carbons (Fsp3) is 0.385. The van der Waals surface area contributed by atoms with E-state index in [1.807, 2.05) is 24.3 Å². The van der Waals surface area contributed by atoms with E-state index in [0.717, 1.165) is 10.2 Å². The average Bonchev–Trinajstić information content (AvgIpc) is 2.83. The van der Waals surface area contributed by atoms with E-state index in [9.17, 15) is 4.79 Å². The van der Waals surface area contributed by atoms with Crippen LogP contribution in [-0.4, -0.2) is 31.9 Å². The number of amides is 1. The van der Waals surface area contributed by atoms with Crippen LogP contribution in [0, 0.1) is 0 Å². The normalized spacial score (nSPS) is 11.2. The van der Waals surface area contributed by atoms with Crippen molar-refractivity contribution in [1.82, 2.24) is 25.5 Å². The summed E-state index contributed by atoms with van der Waals surface area (Å²) in [6.45, 7) is 5.59. The van der Waals surface area contributed by atoms with Crippen molar-refractivity contribution in [3.63, 3.8) is 0 Å². The van der Waals surface area contributed by atoms with Gasteiger partial charge >= 0.3 is 6.09 Å². The molecule has 0 aliphatic carbocycles. The second-order valence-corrected chi connectivity index (χ2v) is 6.25. The molecule has 0 spiro atoms. The van der Waals surface area contributed by atoms with E-state index in [4.69, 9.17) is 4.74 Å². The van der Waals surface area contributed by atoms with Crippen molar-refractivity contribution in [3.05, 3.63) is 34.6 Å². The van der Waals surface area contributed by atoms with Crippen molar-refractivity contribution in [3.8, 4) is 5.69 Å². The van der Waals surface area contributed by atoms with Crippen LogP contribution in [0.3, 0.4) is 0 Å². The Labute approximate surface area is 130 Å². The van der Waals surface area contributed by atoms with Crippen LogP contribution in [0.1, 0.15) is 26.6 Å². The van der Waals surface area contributed by atoms with Gasteiger partial charge in [0.05, 0.1) is 12.2 Å². The third-order valence-electron chi connectivity index (χ3n) is 2.40. The molecule has 21 heavy (non-hydrogen) atoms. The first kappa shape index (κ1) is 15.4. The monoisotopic (exact) mass is 353 g/mol. The third-order valence-corrected chi connectivity index (χ3v) is 2.92. The standard InChI is InChI=1S/C13H16BrN5O2/c1-13(2,3)21-12(20)15-8-11-16-17-18-19(11)10-6-4-9(14)5-7-10/h4-7H,8H2,1-3H3,(H,15,20). The van der Waals surface area contributed by atoms with Crippen molar-refractivity contribution >= 4 is 22.0 Å². The van der Waals surface area contributed by atoms with Crippen molar-refractivity contribution in [2.45, 2.75) is 32.9 Å². The number of alkyl carbamates (subject to hydrolysis) is 1. The molecule has 0 bridgehead atoms. The molecule has 0 aliphatic heterocycles. The highest BCUT2D eigenvalue weighted by molar-refractivity contribution is 9.10. The predicted molar refractivity (Wildman–Crippen MR) is 79.9 cm³/mol.